The molecule has 21 heavy (non-hydrogen) atoms. The zero-order chi connectivity index (χ0) is 15.4. The first-order chi connectivity index (χ1) is 10.0. The Labute approximate surface area is 120 Å². The molecule has 0 saturated carbocycles. The fourth-order valence-corrected chi connectivity index (χ4v) is 2.08. The molecule has 0 atom stereocenters. The molecule has 0 bridgehead atoms. The summed E-state index contributed by atoms with van der Waals surface area (Å²) < 4.78 is 26.9. The lowest BCUT2D eigenvalue weighted by atomic mass is 10.1. The number of aryl methyl sites for hydroxylation is 1. The first-order valence-electron chi connectivity index (χ1n) is 6.47. The molecule has 2 aromatic carbocycles. The summed E-state index contributed by atoms with van der Waals surface area (Å²) >= 11 is 0. The summed E-state index contributed by atoms with van der Waals surface area (Å²) in [7, 11) is 0. The van der Waals surface area contributed by atoms with E-state index in [1.807, 2.05) is 31.2 Å². The van der Waals surface area contributed by atoms with Crippen molar-refractivity contribution >= 4 is 11.4 Å². The van der Waals surface area contributed by atoms with Crippen molar-refractivity contribution in [2.45, 2.75) is 19.9 Å². The monoisotopic (exact) mass is 292 g/mol. The molecule has 0 spiro atoms. The van der Waals surface area contributed by atoms with Crippen LogP contribution in [-0.2, 0) is 13.0 Å². The van der Waals surface area contributed by atoms with Crippen LogP contribution in [0.5, 0.6) is 0 Å². The third-order valence-corrected chi connectivity index (χ3v) is 3.20. The van der Waals surface area contributed by atoms with E-state index in [-0.39, 0.29) is 5.69 Å². The van der Waals surface area contributed by atoms with Crippen molar-refractivity contribution in [3.63, 3.8) is 0 Å². The topological polar surface area (TPSA) is 55.2 Å². The Bertz CT molecular complexity index is 675. The van der Waals surface area contributed by atoms with Crippen molar-refractivity contribution in [3.05, 3.63) is 69.3 Å². The molecule has 0 aliphatic rings. The zero-order valence-corrected chi connectivity index (χ0v) is 11.4. The van der Waals surface area contributed by atoms with E-state index in [9.17, 15) is 18.9 Å². The Morgan fingerprint density at radius 1 is 1.14 bits per heavy atom. The molecule has 0 unspecified atom stereocenters. The number of nitrogens with one attached hydrogen (secondary N) is 1. The highest BCUT2D eigenvalue weighted by Gasteiger charge is 2.18. The van der Waals surface area contributed by atoms with E-state index in [1.54, 1.807) is 0 Å². The van der Waals surface area contributed by atoms with Crippen LogP contribution in [0.3, 0.4) is 0 Å². The highest BCUT2D eigenvalue weighted by Crippen LogP contribution is 2.25. The standard InChI is InChI=1S/C15H14F2N2O2/c1-2-10-5-3-4-6-11(10)9-18-14-8-15(19(20)21)13(17)7-12(14)16/h3-8,18H,2,9H2,1H3. The smallest absolute Gasteiger partial charge is 0.307 e. The predicted octanol–water partition coefficient (Wildman–Crippen LogP) is 4.05. The summed E-state index contributed by atoms with van der Waals surface area (Å²) in [6, 6.07) is 9.01. The number of hydrogen-bond acceptors (Lipinski definition) is 3. The molecular formula is C15H14F2N2O2. The Hall–Kier alpha value is -2.50. The van der Waals surface area contributed by atoms with Gasteiger partial charge in [0, 0.05) is 18.7 Å². The molecule has 0 fully saturated rings. The average Bonchev–Trinajstić information content (AvgIpc) is 2.46. The molecule has 0 aliphatic carbocycles. The van der Waals surface area contributed by atoms with Gasteiger partial charge in [0.25, 0.3) is 0 Å². The van der Waals surface area contributed by atoms with Gasteiger partial charge in [0.2, 0.25) is 5.82 Å². The fourth-order valence-electron chi connectivity index (χ4n) is 2.08. The largest absolute Gasteiger partial charge is 0.378 e. The predicted molar refractivity (Wildman–Crippen MR) is 76.2 cm³/mol. The van der Waals surface area contributed by atoms with Crippen molar-refractivity contribution in [2.24, 2.45) is 0 Å². The number of nitro benzene ring substituents is 1. The van der Waals surface area contributed by atoms with Crippen LogP contribution in [0.25, 0.3) is 0 Å². The molecule has 0 heterocycles. The molecule has 0 aromatic heterocycles. The van der Waals surface area contributed by atoms with E-state index in [4.69, 9.17) is 0 Å². The summed E-state index contributed by atoms with van der Waals surface area (Å²) in [5.41, 5.74) is 1.23. The Balaban J connectivity index is 2.24. The third-order valence-electron chi connectivity index (χ3n) is 3.20. The number of halogens is 2. The Morgan fingerprint density at radius 2 is 1.81 bits per heavy atom. The average molecular weight is 292 g/mol. The van der Waals surface area contributed by atoms with Crippen molar-refractivity contribution in [3.8, 4) is 0 Å². The number of nitrogens with zero attached hydrogens (tertiary/aromatic N) is 1. The Morgan fingerprint density at radius 3 is 2.43 bits per heavy atom. The minimum absolute atomic E-state index is 0.0889. The Kier molecular flexibility index (Phi) is 4.47. The molecule has 6 heteroatoms. The molecule has 1 N–H and O–H groups in total. The van der Waals surface area contributed by atoms with Crippen LogP contribution in [-0.4, -0.2) is 4.92 Å². The molecule has 4 nitrogen and oxygen atoms in total. The molecule has 0 amide bonds. The fraction of sp³-hybridized carbons (Fsp3) is 0.200. The summed E-state index contributed by atoms with van der Waals surface area (Å²) in [6.45, 7) is 2.31. The minimum atomic E-state index is -1.18. The minimum Gasteiger partial charge on any atom is -0.378 e. The van der Waals surface area contributed by atoms with Gasteiger partial charge in [0.05, 0.1) is 10.6 Å². The van der Waals surface area contributed by atoms with Crippen LogP contribution in [0.2, 0.25) is 0 Å². The number of benzene rings is 2. The normalized spacial score (nSPS) is 10.4. The summed E-state index contributed by atoms with van der Waals surface area (Å²) in [6.07, 6.45) is 0.823. The SMILES string of the molecule is CCc1ccccc1CNc1cc([N+](=O)[O-])c(F)cc1F. The van der Waals surface area contributed by atoms with Gasteiger partial charge in [-0.05, 0) is 17.5 Å². The van der Waals surface area contributed by atoms with Gasteiger partial charge in [0.1, 0.15) is 5.82 Å². The maximum absolute atomic E-state index is 13.7. The molecule has 2 rings (SSSR count). The van der Waals surface area contributed by atoms with Crippen LogP contribution < -0.4 is 5.32 Å². The van der Waals surface area contributed by atoms with E-state index in [0.29, 0.717) is 12.6 Å². The highest BCUT2D eigenvalue weighted by molar-refractivity contribution is 5.53. The molecule has 0 saturated heterocycles. The number of anilines is 1. The van der Waals surface area contributed by atoms with Gasteiger partial charge in [-0.3, -0.25) is 10.1 Å². The van der Waals surface area contributed by atoms with E-state index in [1.165, 1.54) is 0 Å². The van der Waals surface area contributed by atoms with E-state index in [0.717, 1.165) is 23.6 Å². The van der Waals surface area contributed by atoms with Gasteiger partial charge in [-0.25, -0.2) is 4.39 Å². The third kappa shape index (κ3) is 3.34. The lowest BCUT2D eigenvalue weighted by molar-refractivity contribution is -0.387. The summed E-state index contributed by atoms with van der Waals surface area (Å²) in [5, 5.41) is 13.5. The van der Waals surface area contributed by atoms with Gasteiger partial charge >= 0.3 is 5.69 Å². The second-order valence-electron chi connectivity index (χ2n) is 4.52. The van der Waals surface area contributed by atoms with Crippen molar-refractivity contribution < 1.29 is 13.7 Å². The second-order valence-corrected chi connectivity index (χ2v) is 4.52. The van der Waals surface area contributed by atoms with Gasteiger partial charge in [-0.1, -0.05) is 31.2 Å². The first kappa shape index (κ1) is 14.9. The van der Waals surface area contributed by atoms with Crippen LogP contribution in [0.15, 0.2) is 36.4 Å². The lowest BCUT2D eigenvalue weighted by Gasteiger charge is -2.11. The van der Waals surface area contributed by atoms with Crippen molar-refractivity contribution in [1.82, 2.24) is 0 Å². The first-order valence-corrected chi connectivity index (χ1v) is 6.47. The molecular weight excluding hydrogens is 278 g/mol. The number of nitro groups is 1. The van der Waals surface area contributed by atoms with Crippen molar-refractivity contribution in [2.75, 3.05) is 5.32 Å². The van der Waals surface area contributed by atoms with E-state index >= 15 is 0 Å². The summed E-state index contributed by atoms with van der Waals surface area (Å²) in [4.78, 5) is 9.80. The van der Waals surface area contributed by atoms with Gasteiger partial charge in [-0.15, -0.1) is 0 Å². The van der Waals surface area contributed by atoms with Crippen LogP contribution in [0.1, 0.15) is 18.1 Å². The molecule has 2 aromatic rings. The van der Waals surface area contributed by atoms with Crippen molar-refractivity contribution in [1.29, 1.82) is 0 Å². The van der Waals surface area contributed by atoms with Gasteiger partial charge in [0.15, 0.2) is 0 Å². The van der Waals surface area contributed by atoms with Crippen LogP contribution in [0.4, 0.5) is 20.2 Å². The highest BCUT2D eigenvalue weighted by atomic mass is 19.1. The second kappa shape index (κ2) is 6.30. The zero-order valence-electron chi connectivity index (χ0n) is 11.4. The van der Waals surface area contributed by atoms with Crippen LogP contribution >= 0.6 is 0 Å². The van der Waals surface area contributed by atoms with Gasteiger partial charge in [-0.2, -0.15) is 4.39 Å². The summed E-state index contributed by atoms with van der Waals surface area (Å²) in [5.74, 6) is -2.04. The molecule has 0 radical (unpaired) electrons. The molecule has 0 aliphatic heterocycles. The van der Waals surface area contributed by atoms with E-state index < -0.39 is 22.2 Å². The maximum atomic E-state index is 13.7. The van der Waals surface area contributed by atoms with Crippen LogP contribution in [0, 0.1) is 21.7 Å². The number of rotatable bonds is 5. The lowest BCUT2D eigenvalue weighted by Crippen LogP contribution is -2.05. The van der Waals surface area contributed by atoms with Gasteiger partial charge < -0.3 is 5.32 Å². The quantitative estimate of drug-likeness (QED) is 0.668. The van der Waals surface area contributed by atoms with E-state index in [2.05, 4.69) is 5.32 Å². The number of hydrogen-bond donors (Lipinski definition) is 1. The maximum Gasteiger partial charge on any atom is 0.307 e. The molecule has 110 valence electrons.